The van der Waals surface area contributed by atoms with Gasteiger partial charge < -0.3 is 10.2 Å². The van der Waals surface area contributed by atoms with Crippen LogP contribution in [0.5, 0.6) is 0 Å². The number of anilines is 1. The number of thioether (sulfide) groups is 1. The van der Waals surface area contributed by atoms with E-state index in [0.717, 1.165) is 29.5 Å². The Balaban J connectivity index is 1.90. The maximum Gasteiger partial charge on any atom is 0.262 e. The zero-order chi connectivity index (χ0) is 16.1. The normalized spacial score (nSPS) is 17.3. The first-order valence-electron chi connectivity index (χ1n) is 7.44. The van der Waals surface area contributed by atoms with E-state index in [1.54, 1.807) is 0 Å². The van der Waals surface area contributed by atoms with Crippen molar-refractivity contribution in [1.82, 2.24) is 4.90 Å². The van der Waals surface area contributed by atoms with Crippen molar-refractivity contribution in [3.05, 3.63) is 29.8 Å². The first kappa shape index (κ1) is 16.5. The lowest BCUT2D eigenvalue weighted by Crippen LogP contribution is -2.27. The van der Waals surface area contributed by atoms with Crippen LogP contribution in [-0.4, -0.2) is 40.2 Å². The molecule has 1 atom stereocenters. The van der Waals surface area contributed by atoms with Gasteiger partial charge in [-0.2, -0.15) is 4.99 Å². The number of nitrogens with one attached hydrogen (secondary N) is 1. The van der Waals surface area contributed by atoms with Gasteiger partial charge in [0.05, 0.1) is 0 Å². The molecule has 0 saturated carbocycles. The second-order valence-corrected chi connectivity index (χ2v) is 6.30. The van der Waals surface area contributed by atoms with Crippen LogP contribution < -0.4 is 5.32 Å². The molecule has 5 nitrogen and oxygen atoms in total. The molecule has 1 aliphatic rings. The van der Waals surface area contributed by atoms with Gasteiger partial charge in [0.2, 0.25) is 5.91 Å². The second-order valence-electron chi connectivity index (χ2n) is 5.13. The molecule has 2 amide bonds. The van der Waals surface area contributed by atoms with E-state index in [1.165, 1.54) is 11.8 Å². The molecule has 2 rings (SSSR count). The standard InChI is InChI=1S/C16H21N3O2S/c1-4-19(5-2)16-18-15(21)13(22-16)10-14(20)17-12-8-6-11(3)7-9-12/h6-9,13H,4-5,10H2,1-3H3,(H,17,20)/t13-/m1/s1. The molecular formula is C16H21N3O2S. The highest BCUT2D eigenvalue weighted by Gasteiger charge is 2.32. The summed E-state index contributed by atoms with van der Waals surface area (Å²) in [5.41, 5.74) is 1.88. The second kappa shape index (κ2) is 7.45. The molecular weight excluding hydrogens is 298 g/mol. The average molecular weight is 319 g/mol. The maximum atomic E-state index is 12.1. The Labute approximate surface area is 135 Å². The molecule has 1 aliphatic heterocycles. The van der Waals surface area contributed by atoms with Crippen LogP contribution in [0.3, 0.4) is 0 Å². The van der Waals surface area contributed by atoms with E-state index in [-0.39, 0.29) is 18.2 Å². The lowest BCUT2D eigenvalue weighted by Gasteiger charge is -2.19. The quantitative estimate of drug-likeness (QED) is 0.906. The van der Waals surface area contributed by atoms with Crippen molar-refractivity contribution in [1.29, 1.82) is 0 Å². The first-order chi connectivity index (χ1) is 10.5. The highest BCUT2D eigenvalue weighted by atomic mass is 32.2. The summed E-state index contributed by atoms with van der Waals surface area (Å²) >= 11 is 1.38. The molecule has 118 valence electrons. The lowest BCUT2D eigenvalue weighted by atomic mass is 10.2. The van der Waals surface area contributed by atoms with E-state index in [4.69, 9.17) is 0 Å². The van der Waals surface area contributed by atoms with Crippen LogP contribution in [-0.2, 0) is 9.59 Å². The summed E-state index contributed by atoms with van der Waals surface area (Å²) in [5.74, 6) is -0.378. The smallest absolute Gasteiger partial charge is 0.262 e. The van der Waals surface area contributed by atoms with Crippen molar-refractivity contribution in [2.75, 3.05) is 18.4 Å². The monoisotopic (exact) mass is 319 g/mol. The molecule has 0 radical (unpaired) electrons. The zero-order valence-electron chi connectivity index (χ0n) is 13.1. The van der Waals surface area contributed by atoms with Crippen molar-refractivity contribution < 1.29 is 9.59 Å². The lowest BCUT2D eigenvalue weighted by molar-refractivity contribution is -0.121. The SMILES string of the molecule is CCN(CC)C1=NC(=O)[C@@H](CC(=O)Nc2ccc(C)cc2)S1. The Morgan fingerprint density at radius 1 is 1.27 bits per heavy atom. The van der Waals surface area contributed by atoms with Gasteiger partial charge in [0.25, 0.3) is 5.91 Å². The van der Waals surface area contributed by atoms with Gasteiger partial charge in [0.15, 0.2) is 5.17 Å². The van der Waals surface area contributed by atoms with Gasteiger partial charge in [-0.3, -0.25) is 9.59 Å². The van der Waals surface area contributed by atoms with E-state index in [2.05, 4.69) is 10.3 Å². The molecule has 0 bridgehead atoms. The molecule has 1 heterocycles. The van der Waals surface area contributed by atoms with E-state index in [9.17, 15) is 9.59 Å². The number of amidine groups is 1. The minimum atomic E-state index is -0.416. The molecule has 0 aliphatic carbocycles. The van der Waals surface area contributed by atoms with Gasteiger partial charge in [-0.25, -0.2) is 0 Å². The van der Waals surface area contributed by atoms with Crippen molar-refractivity contribution >= 4 is 34.4 Å². The number of nitrogens with zero attached hydrogens (tertiary/aromatic N) is 2. The van der Waals surface area contributed by atoms with Crippen molar-refractivity contribution in [3.63, 3.8) is 0 Å². The minimum Gasteiger partial charge on any atom is -0.352 e. The Morgan fingerprint density at radius 2 is 1.91 bits per heavy atom. The summed E-state index contributed by atoms with van der Waals surface area (Å²) in [6, 6.07) is 7.59. The van der Waals surface area contributed by atoms with Gasteiger partial charge in [0.1, 0.15) is 5.25 Å². The Morgan fingerprint density at radius 3 is 2.50 bits per heavy atom. The molecule has 0 unspecified atom stereocenters. The summed E-state index contributed by atoms with van der Waals surface area (Å²) in [5, 5.41) is 3.13. The number of hydrogen-bond acceptors (Lipinski definition) is 4. The summed E-state index contributed by atoms with van der Waals surface area (Å²) in [6.45, 7) is 7.64. The largest absolute Gasteiger partial charge is 0.352 e. The van der Waals surface area contributed by atoms with E-state index < -0.39 is 5.25 Å². The van der Waals surface area contributed by atoms with Crippen molar-refractivity contribution in [2.45, 2.75) is 32.4 Å². The highest BCUT2D eigenvalue weighted by Crippen LogP contribution is 2.27. The third-order valence-corrected chi connectivity index (χ3v) is 4.68. The zero-order valence-corrected chi connectivity index (χ0v) is 13.9. The molecule has 22 heavy (non-hydrogen) atoms. The summed E-state index contributed by atoms with van der Waals surface area (Å²) in [4.78, 5) is 30.1. The Hall–Kier alpha value is -1.82. The fraction of sp³-hybridized carbons (Fsp3) is 0.438. The van der Waals surface area contributed by atoms with Gasteiger partial charge in [-0.1, -0.05) is 29.5 Å². The van der Waals surface area contributed by atoms with E-state index >= 15 is 0 Å². The molecule has 0 saturated heterocycles. The molecule has 1 N–H and O–H groups in total. The number of aryl methyl sites for hydroxylation is 1. The predicted molar refractivity (Wildman–Crippen MR) is 91.2 cm³/mol. The van der Waals surface area contributed by atoms with E-state index in [0.29, 0.717) is 0 Å². The predicted octanol–water partition coefficient (Wildman–Crippen LogP) is 2.66. The fourth-order valence-corrected chi connectivity index (χ4v) is 3.35. The van der Waals surface area contributed by atoms with Gasteiger partial charge in [-0.15, -0.1) is 0 Å². The van der Waals surface area contributed by atoms with Crippen LogP contribution in [0, 0.1) is 6.92 Å². The number of rotatable bonds is 5. The molecule has 0 spiro atoms. The van der Waals surface area contributed by atoms with Crippen LogP contribution in [0.1, 0.15) is 25.8 Å². The minimum absolute atomic E-state index is 0.144. The Kier molecular flexibility index (Phi) is 5.60. The van der Waals surface area contributed by atoms with Gasteiger partial charge in [0, 0.05) is 25.2 Å². The first-order valence-corrected chi connectivity index (χ1v) is 8.32. The highest BCUT2D eigenvalue weighted by molar-refractivity contribution is 8.15. The maximum absolute atomic E-state index is 12.1. The summed E-state index contributed by atoms with van der Waals surface area (Å²) < 4.78 is 0. The number of carbonyl (C=O) groups is 2. The fourth-order valence-electron chi connectivity index (χ4n) is 2.16. The summed E-state index contributed by atoms with van der Waals surface area (Å²) in [6.07, 6.45) is 0.144. The van der Waals surface area contributed by atoms with Crippen molar-refractivity contribution in [3.8, 4) is 0 Å². The van der Waals surface area contributed by atoms with Crippen LogP contribution in [0.15, 0.2) is 29.3 Å². The third-order valence-electron chi connectivity index (χ3n) is 3.47. The molecule has 1 aromatic carbocycles. The third kappa shape index (κ3) is 4.10. The topological polar surface area (TPSA) is 61.8 Å². The average Bonchev–Trinajstić information content (AvgIpc) is 2.84. The molecule has 0 fully saturated rings. The number of aliphatic imine (C=N–C) groups is 1. The van der Waals surface area contributed by atoms with Crippen LogP contribution in [0.2, 0.25) is 0 Å². The van der Waals surface area contributed by atoms with Crippen LogP contribution >= 0.6 is 11.8 Å². The van der Waals surface area contributed by atoms with Gasteiger partial charge >= 0.3 is 0 Å². The van der Waals surface area contributed by atoms with E-state index in [1.807, 2.05) is 49.9 Å². The number of hydrogen-bond donors (Lipinski definition) is 1. The number of carbonyl (C=O) groups excluding carboxylic acids is 2. The molecule has 1 aromatic rings. The van der Waals surface area contributed by atoms with Crippen LogP contribution in [0.4, 0.5) is 5.69 Å². The molecule has 0 aromatic heterocycles. The number of benzene rings is 1. The van der Waals surface area contributed by atoms with Crippen molar-refractivity contribution in [2.24, 2.45) is 4.99 Å². The molecule has 6 heteroatoms. The van der Waals surface area contributed by atoms with Gasteiger partial charge in [-0.05, 0) is 32.9 Å². The van der Waals surface area contributed by atoms with Crippen LogP contribution in [0.25, 0.3) is 0 Å². The Bertz CT molecular complexity index is 580. The number of amides is 2. The summed E-state index contributed by atoms with van der Waals surface area (Å²) in [7, 11) is 0.